The van der Waals surface area contributed by atoms with Gasteiger partial charge in [-0.05, 0) is 75.3 Å². The summed E-state index contributed by atoms with van der Waals surface area (Å²) in [5.41, 5.74) is -8.27. The van der Waals surface area contributed by atoms with Gasteiger partial charge < -0.3 is 28.4 Å². The highest BCUT2D eigenvalue weighted by atomic mass is 16.6. The normalized spacial score (nSPS) is 24.6. The Morgan fingerprint density at radius 2 is 1.29 bits per heavy atom. The summed E-state index contributed by atoms with van der Waals surface area (Å²) in [6.07, 6.45) is -1.67. The Morgan fingerprint density at radius 1 is 0.776 bits per heavy atom. The molecule has 3 atom stereocenters. The first-order valence-electron chi connectivity index (χ1n) is 16.2. The second kappa shape index (κ2) is 13.5. The molecule has 0 bridgehead atoms. The fourth-order valence-corrected chi connectivity index (χ4v) is 6.21. The van der Waals surface area contributed by atoms with Gasteiger partial charge in [0.25, 0.3) is 0 Å². The molecule has 0 aromatic heterocycles. The van der Waals surface area contributed by atoms with Crippen LogP contribution in [0.2, 0.25) is 0 Å². The molecule has 13 heteroatoms. The Balaban J connectivity index is 2.37. The van der Waals surface area contributed by atoms with E-state index in [0.717, 1.165) is 0 Å². The molecule has 262 valence electrons. The van der Waals surface area contributed by atoms with E-state index in [0.29, 0.717) is 0 Å². The lowest BCUT2D eigenvalue weighted by Crippen LogP contribution is -2.62. The largest absolute Gasteiger partial charge is 0.483 e. The summed E-state index contributed by atoms with van der Waals surface area (Å²) in [4.78, 5) is 65.9. The molecule has 1 aromatic carbocycles. The van der Waals surface area contributed by atoms with Gasteiger partial charge >= 0.3 is 23.9 Å². The quantitative estimate of drug-likeness (QED) is 0.281. The average molecular weight is 678 g/mol. The highest BCUT2D eigenvalue weighted by Crippen LogP contribution is 2.65. The highest BCUT2D eigenvalue weighted by molar-refractivity contribution is 6.32. The van der Waals surface area contributed by atoms with E-state index in [1.807, 2.05) is 0 Å². The molecular weight excluding hydrogens is 634 g/mol. The fraction of sp³-hybridized carbons (Fsp3) is 0.528. The lowest BCUT2D eigenvalue weighted by Gasteiger charge is -2.49. The van der Waals surface area contributed by atoms with Crippen LogP contribution in [0.5, 0.6) is 5.75 Å². The van der Waals surface area contributed by atoms with Crippen LogP contribution in [-0.4, -0.2) is 79.1 Å². The first kappa shape index (κ1) is 36.8. The minimum atomic E-state index is -2.37. The van der Waals surface area contributed by atoms with Crippen molar-refractivity contribution in [3.8, 4) is 11.8 Å². The number of rotatable bonds is 8. The van der Waals surface area contributed by atoms with E-state index in [1.54, 1.807) is 93.5 Å². The van der Waals surface area contributed by atoms with E-state index < -0.39 is 57.6 Å². The number of nitriles is 1. The predicted molar refractivity (Wildman–Crippen MR) is 177 cm³/mol. The van der Waals surface area contributed by atoms with Gasteiger partial charge in [0.15, 0.2) is 11.5 Å². The molecule has 0 unspecified atom stereocenters. The maximum absolute atomic E-state index is 14.4. The summed E-state index contributed by atoms with van der Waals surface area (Å²) in [6.45, 7) is 16.4. The van der Waals surface area contributed by atoms with Crippen LogP contribution in [0, 0.1) is 16.7 Å². The smallest absolute Gasteiger partial charge is 0.344 e. The van der Waals surface area contributed by atoms with Crippen LogP contribution >= 0.6 is 0 Å². The molecule has 2 heterocycles. The van der Waals surface area contributed by atoms with Crippen molar-refractivity contribution in [2.45, 2.75) is 92.0 Å². The van der Waals surface area contributed by atoms with Crippen LogP contribution in [0.4, 0.5) is 0 Å². The number of aliphatic imine (C=N–C) groups is 2. The minimum absolute atomic E-state index is 0.0712. The van der Waals surface area contributed by atoms with Crippen molar-refractivity contribution in [1.82, 2.24) is 0 Å². The van der Waals surface area contributed by atoms with Crippen molar-refractivity contribution in [1.29, 1.82) is 5.26 Å². The maximum atomic E-state index is 14.4. The average Bonchev–Trinajstić information content (AvgIpc) is 3.47. The van der Waals surface area contributed by atoms with Crippen molar-refractivity contribution >= 4 is 35.5 Å². The van der Waals surface area contributed by atoms with Crippen LogP contribution in [-0.2, 0) is 48.5 Å². The molecule has 1 aliphatic carbocycles. The molecule has 2 aliphatic heterocycles. The molecule has 1 spiro atoms. The number of para-hydroxylation sites is 1. The summed E-state index contributed by atoms with van der Waals surface area (Å²) in [5, 5.41) is 11.7. The van der Waals surface area contributed by atoms with Gasteiger partial charge in [-0.25, -0.2) is 24.2 Å². The molecule has 4 rings (SSSR count). The first-order chi connectivity index (χ1) is 23.0. The molecule has 3 aliphatic rings. The van der Waals surface area contributed by atoms with E-state index in [9.17, 15) is 24.4 Å². The molecule has 0 saturated carbocycles. The topological polar surface area (TPSA) is 172 Å². The Hall–Kier alpha value is -4.99. The number of fused-ring (bicyclic) bond motifs is 4. The number of nitrogens with zero attached hydrogens (tertiary/aromatic N) is 3. The van der Waals surface area contributed by atoms with Gasteiger partial charge in [-0.15, -0.1) is 0 Å². The van der Waals surface area contributed by atoms with E-state index in [4.69, 9.17) is 38.4 Å². The summed E-state index contributed by atoms with van der Waals surface area (Å²) in [6, 6.07) is 8.69. The van der Waals surface area contributed by atoms with E-state index in [-0.39, 0.29) is 66.1 Å². The van der Waals surface area contributed by atoms with Gasteiger partial charge in [-0.2, -0.15) is 5.26 Å². The van der Waals surface area contributed by atoms with E-state index in [1.165, 1.54) is 0 Å². The van der Waals surface area contributed by atoms with Gasteiger partial charge in [0.2, 0.25) is 11.5 Å². The molecule has 1 aromatic rings. The highest BCUT2D eigenvalue weighted by Gasteiger charge is 2.78. The van der Waals surface area contributed by atoms with Crippen molar-refractivity contribution in [2.24, 2.45) is 15.4 Å². The van der Waals surface area contributed by atoms with Crippen LogP contribution in [0.1, 0.15) is 74.8 Å². The number of benzene rings is 1. The Kier molecular flexibility index (Phi) is 10.1. The van der Waals surface area contributed by atoms with Gasteiger partial charge in [-0.3, -0.25) is 4.99 Å². The molecule has 13 nitrogen and oxygen atoms in total. The van der Waals surface area contributed by atoms with Crippen LogP contribution in [0.3, 0.4) is 0 Å². The lowest BCUT2D eigenvalue weighted by atomic mass is 9.59. The zero-order valence-corrected chi connectivity index (χ0v) is 29.6. The standard InChI is InChI=1S/C36H43N3O10/c1-11-44-29(40)22-23(30(41)45-12-2)27-35(19-37,26(22)38-33(5,6)7)36(20-17-15-16-18-21(20)48-27)25(32(43)47-14-4)24(31(42)46-13-3)28(49-36)39-34(8,9)10/h15-18,27H,11-14H2,1-10H3/t27-,35+,36-/m0/s1. The SMILES string of the molecule is CCOC(=O)C1=C(C(=O)OCC)[C@@H]2Oc3ccccc3[C@@]3(OC(=NC(C)(C)C)C(C(=O)OCC)=C3C(=O)OCC)[C@]2(C#N)C1=NC(C)(C)C. The summed E-state index contributed by atoms with van der Waals surface area (Å²) >= 11 is 0. The minimum Gasteiger partial charge on any atom is -0.483 e. The Morgan fingerprint density at radius 3 is 1.82 bits per heavy atom. The van der Waals surface area contributed by atoms with Gasteiger partial charge in [0.05, 0.1) is 60.4 Å². The van der Waals surface area contributed by atoms with Crippen LogP contribution in [0.15, 0.2) is 56.5 Å². The Labute approximate surface area is 285 Å². The summed E-state index contributed by atoms with van der Waals surface area (Å²) in [7, 11) is 0. The number of carbonyl (C=O) groups excluding carboxylic acids is 4. The van der Waals surface area contributed by atoms with E-state index >= 15 is 0 Å². The second-order valence-corrected chi connectivity index (χ2v) is 13.3. The molecule has 49 heavy (non-hydrogen) atoms. The lowest BCUT2D eigenvalue weighted by molar-refractivity contribution is -0.145. The predicted octanol–water partition coefficient (Wildman–Crippen LogP) is 4.48. The number of carbonyl (C=O) groups is 4. The summed E-state index contributed by atoms with van der Waals surface area (Å²) in [5.74, 6) is -4.16. The number of esters is 4. The number of hydrogen-bond donors (Lipinski definition) is 0. The number of ether oxygens (including phenoxy) is 6. The molecule has 0 radical (unpaired) electrons. The summed E-state index contributed by atoms with van der Waals surface area (Å²) < 4.78 is 35.3. The molecule has 0 N–H and O–H groups in total. The van der Waals surface area contributed by atoms with Gasteiger partial charge in [-0.1, -0.05) is 18.2 Å². The third-order valence-electron chi connectivity index (χ3n) is 7.66. The fourth-order valence-electron chi connectivity index (χ4n) is 6.21. The molecule has 0 fully saturated rings. The molecule has 0 amide bonds. The zero-order chi connectivity index (χ0) is 36.5. The second-order valence-electron chi connectivity index (χ2n) is 13.3. The van der Waals surface area contributed by atoms with E-state index in [2.05, 4.69) is 6.07 Å². The third-order valence-corrected chi connectivity index (χ3v) is 7.66. The van der Waals surface area contributed by atoms with Crippen molar-refractivity contribution in [3.05, 3.63) is 52.1 Å². The monoisotopic (exact) mass is 677 g/mol. The van der Waals surface area contributed by atoms with Gasteiger partial charge in [0, 0.05) is 5.56 Å². The molecule has 0 saturated heterocycles. The third kappa shape index (κ3) is 6.09. The van der Waals surface area contributed by atoms with Gasteiger partial charge in [0.1, 0.15) is 16.9 Å². The number of hydrogen-bond acceptors (Lipinski definition) is 13. The Bertz CT molecular complexity index is 1730. The van der Waals surface area contributed by atoms with Crippen molar-refractivity contribution in [3.63, 3.8) is 0 Å². The zero-order valence-electron chi connectivity index (χ0n) is 29.6. The van der Waals surface area contributed by atoms with Crippen molar-refractivity contribution < 1.29 is 47.6 Å². The van der Waals surface area contributed by atoms with Crippen LogP contribution in [0.25, 0.3) is 0 Å². The maximum Gasteiger partial charge on any atom is 0.344 e. The molecular formula is C36H43N3O10. The first-order valence-corrected chi connectivity index (χ1v) is 16.2. The van der Waals surface area contributed by atoms with Crippen LogP contribution < -0.4 is 4.74 Å². The van der Waals surface area contributed by atoms with Crippen molar-refractivity contribution in [2.75, 3.05) is 26.4 Å².